The van der Waals surface area contributed by atoms with Gasteiger partial charge in [-0.25, -0.2) is 0 Å². The van der Waals surface area contributed by atoms with Crippen LogP contribution in [0.2, 0.25) is 36.3 Å². The maximum atomic E-state index is 13.0. The lowest BCUT2D eigenvalue weighted by molar-refractivity contribution is -0.150. The van der Waals surface area contributed by atoms with E-state index in [2.05, 4.69) is 74.7 Å². The molecule has 1 aliphatic carbocycles. The van der Waals surface area contributed by atoms with Gasteiger partial charge in [0, 0.05) is 11.6 Å². The third-order valence-electron chi connectivity index (χ3n) is 8.49. The van der Waals surface area contributed by atoms with Gasteiger partial charge in [-0.2, -0.15) is 0 Å². The molecule has 0 saturated carbocycles. The van der Waals surface area contributed by atoms with Crippen LogP contribution in [0.15, 0.2) is 10.5 Å². The van der Waals surface area contributed by atoms with Crippen LogP contribution in [0.1, 0.15) is 72.8 Å². The first-order chi connectivity index (χ1) is 13.3. The van der Waals surface area contributed by atoms with Gasteiger partial charge >= 0.3 is 5.97 Å². The molecule has 3 rings (SSSR count). The van der Waals surface area contributed by atoms with E-state index in [9.17, 15) is 4.79 Å². The van der Waals surface area contributed by atoms with Gasteiger partial charge in [-0.15, -0.1) is 0 Å². The average molecular weight is 453 g/mol. The Kier molecular flexibility index (Phi) is 5.10. The van der Waals surface area contributed by atoms with Crippen LogP contribution in [0.5, 0.6) is 5.95 Å². The number of hydrogen-bond acceptors (Lipinski definition) is 5. The Hall–Kier alpha value is -1.06. The number of cyclic esters (lactones) is 1. The molecule has 1 aromatic heterocycles. The van der Waals surface area contributed by atoms with Crippen LogP contribution in [-0.4, -0.2) is 29.2 Å². The third-order valence-corrected chi connectivity index (χ3v) is 17.3. The molecule has 2 aliphatic rings. The van der Waals surface area contributed by atoms with E-state index in [0.717, 1.165) is 11.3 Å². The Morgan fingerprint density at radius 2 is 1.53 bits per heavy atom. The Morgan fingerprint density at radius 3 is 2.03 bits per heavy atom. The van der Waals surface area contributed by atoms with Crippen molar-refractivity contribution in [2.75, 3.05) is 6.61 Å². The standard InChI is InChI=1S/C23H40O5Si2/c1-20(2,3)29(9,10)27-16-13-15-17(26-16)22(7)14-25-19(24)23(22,8)18(15)28-30(11,12)21(4,5)6/h13,18H,14H2,1-12H3/t18-,22-,23-/m0/s1. The van der Waals surface area contributed by atoms with Crippen LogP contribution < -0.4 is 4.43 Å². The minimum absolute atomic E-state index is 0.0230. The van der Waals surface area contributed by atoms with Crippen molar-refractivity contribution in [3.63, 3.8) is 0 Å². The zero-order valence-electron chi connectivity index (χ0n) is 20.9. The van der Waals surface area contributed by atoms with Crippen molar-refractivity contribution in [2.45, 2.75) is 103 Å². The molecule has 0 amide bonds. The summed E-state index contributed by atoms with van der Waals surface area (Å²) in [4.78, 5) is 13.0. The first-order valence-electron chi connectivity index (χ1n) is 11.0. The van der Waals surface area contributed by atoms with Gasteiger partial charge in [0.2, 0.25) is 0 Å². The van der Waals surface area contributed by atoms with Crippen molar-refractivity contribution in [3.8, 4) is 5.95 Å². The van der Waals surface area contributed by atoms with Crippen LogP contribution in [-0.2, 0) is 19.4 Å². The fraction of sp³-hybridized carbons (Fsp3) is 0.783. The molecule has 5 nitrogen and oxygen atoms in total. The topological polar surface area (TPSA) is 57.9 Å². The van der Waals surface area contributed by atoms with Crippen LogP contribution in [0.3, 0.4) is 0 Å². The predicted molar refractivity (Wildman–Crippen MR) is 124 cm³/mol. The second-order valence-electron chi connectivity index (χ2n) is 12.6. The minimum atomic E-state index is -2.16. The molecule has 0 unspecified atom stereocenters. The van der Waals surface area contributed by atoms with E-state index < -0.39 is 33.6 Å². The molecule has 1 aromatic rings. The van der Waals surface area contributed by atoms with E-state index in [1.54, 1.807) is 0 Å². The normalized spacial score (nSPS) is 29.6. The highest BCUT2D eigenvalue weighted by molar-refractivity contribution is 6.75. The molecule has 170 valence electrons. The van der Waals surface area contributed by atoms with E-state index in [4.69, 9.17) is 18.0 Å². The maximum Gasteiger partial charge on any atom is 0.315 e. The zero-order chi connectivity index (χ0) is 23.1. The number of carbonyl (C=O) groups is 1. The fourth-order valence-corrected chi connectivity index (χ4v) is 6.07. The highest BCUT2D eigenvalue weighted by atomic mass is 28.4. The molecular formula is C23H40O5Si2. The summed E-state index contributed by atoms with van der Waals surface area (Å²) in [7, 11) is -4.21. The van der Waals surface area contributed by atoms with E-state index in [0.29, 0.717) is 12.6 Å². The number of hydrogen-bond donors (Lipinski definition) is 0. The van der Waals surface area contributed by atoms with Gasteiger partial charge in [0.15, 0.2) is 8.32 Å². The first-order valence-corrected chi connectivity index (χ1v) is 16.8. The molecule has 0 aromatic carbocycles. The smallest absolute Gasteiger partial charge is 0.315 e. The van der Waals surface area contributed by atoms with Crippen LogP contribution in [0, 0.1) is 5.41 Å². The number of esters is 1. The summed E-state index contributed by atoms with van der Waals surface area (Å²) in [5.41, 5.74) is -0.414. The number of ether oxygens (including phenoxy) is 1. The van der Waals surface area contributed by atoms with E-state index in [1.807, 2.05) is 13.0 Å². The molecule has 1 saturated heterocycles. The highest BCUT2D eigenvalue weighted by Gasteiger charge is 2.71. The Morgan fingerprint density at radius 1 is 1.00 bits per heavy atom. The maximum absolute atomic E-state index is 13.0. The van der Waals surface area contributed by atoms with Gasteiger partial charge in [0.25, 0.3) is 14.3 Å². The fourth-order valence-electron chi connectivity index (χ4n) is 3.86. The van der Waals surface area contributed by atoms with Crippen LogP contribution in [0.25, 0.3) is 0 Å². The molecular weight excluding hydrogens is 412 g/mol. The quantitative estimate of drug-likeness (QED) is 0.382. The summed E-state index contributed by atoms with van der Waals surface area (Å²) in [5.74, 6) is 1.12. The molecule has 7 heteroatoms. The zero-order valence-corrected chi connectivity index (χ0v) is 22.9. The largest absolute Gasteiger partial charge is 0.519 e. The van der Waals surface area contributed by atoms with E-state index in [1.165, 1.54) is 0 Å². The molecule has 30 heavy (non-hydrogen) atoms. The number of rotatable bonds is 4. The molecule has 0 N–H and O–H groups in total. The molecule has 2 heterocycles. The molecule has 1 aliphatic heterocycles. The van der Waals surface area contributed by atoms with Crippen LogP contribution in [0.4, 0.5) is 0 Å². The molecule has 1 fully saturated rings. The van der Waals surface area contributed by atoms with Crippen molar-refractivity contribution in [1.29, 1.82) is 0 Å². The predicted octanol–water partition coefficient (Wildman–Crippen LogP) is 6.56. The lowest BCUT2D eigenvalue weighted by atomic mass is 9.68. The van der Waals surface area contributed by atoms with Gasteiger partial charge in [0.1, 0.15) is 17.8 Å². The Bertz CT molecular complexity index is 858. The molecule has 0 bridgehead atoms. The Labute approximate surface area is 184 Å². The van der Waals surface area contributed by atoms with Gasteiger partial charge in [-0.3, -0.25) is 4.79 Å². The molecule has 3 atom stereocenters. The molecule has 0 radical (unpaired) electrons. The van der Waals surface area contributed by atoms with Crippen molar-refractivity contribution in [1.82, 2.24) is 0 Å². The monoisotopic (exact) mass is 452 g/mol. The van der Waals surface area contributed by atoms with Gasteiger partial charge in [0.05, 0.1) is 11.5 Å². The summed E-state index contributed by atoms with van der Waals surface area (Å²) < 4.78 is 25.3. The second kappa shape index (κ2) is 6.48. The van der Waals surface area contributed by atoms with Crippen LogP contribution >= 0.6 is 0 Å². The summed E-state index contributed by atoms with van der Waals surface area (Å²) in [5, 5.41) is 0.0847. The Balaban J connectivity index is 2.09. The summed E-state index contributed by atoms with van der Waals surface area (Å²) >= 11 is 0. The number of carbonyl (C=O) groups excluding carboxylic acids is 1. The minimum Gasteiger partial charge on any atom is -0.519 e. The third kappa shape index (κ3) is 3.14. The summed E-state index contributed by atoms with van der Waals surface area (Å²) in [6.45, 7) is 26.5. The average Bonchev–Trinajstić information content (AvgIpc) is 3.10. The first kappa shape index (κ1) is 23.6. The van der Waals surface area contributed by atoms with E-state index >= 15 is 0 Å². The SMILES string of the molecule is CC(C)(C)[Si](C)(C)Oc1cc2c(o1)[C@]1(C)COC(=O)[C@]1(C)[C@H]2O[Si](C)(C)C(C)(C)C. The summed E-state index contributed by atoms with van der Waals surface area (Å²) in [6.07, 6.45) is -0.395. The van der Waals surface area contributed by atoms with Crippen molar-refractivity contribution >= 4 is 22.6 Å². The summed E-state index contributed by atoms with van der Waals surface area (Å²) in [6, 6.07) is 1.98. The number of fused-ring (bicyclic) bond motifs is 3. The van der Waals surface area contributed by atoms with E-state index in [-0.39, 0.29) is 16.0 Å². The van der Waals surface area contributed by atoms with Gasteiger partial charge < -0.3 is 18.0 Å². The van der Waals surface area contributed by atoms with Crippen molar-refractivity contribution < 1.29 is 22.8 Å². The van der Waals surface area contributed by atoms with Gasteiger partial charge in [-0.05, 0) is 50.1 Å². The van der Waals surface area contributed by atoms with Gasteiger partial charge in [-0.1, -0.05) is 41.5 Å². The lowest BCUT2D eigenvalue weighted by Gasteiger charge is -2.42. The second-order valence-corrected chi connectivity index (χ2v) is 22.1. The number of furan rings is 1. The van der Waals surface area contributed by atoms with Crippen molar-refractivity contribution in [3.05, 3.63) is 17.4 Å². The lowest BCUT2D eigenvalue weighted by Crippen LogP contribution is -2.48. The highest BCUT2D eigenvalue weighted by Crippen LogP contribution is 2.65. The van der Waals surface area contributed by atoms with Crippen molar-refractivity contribution in [2.24, 2.45) is 5.41 Å². The molecule has 0 spiro atoms.